The van der Waals surface area contributed by atoms with Crippen molar-refractivity contribution in [1.82, 2.24) is 0 Å². The summed E-state index contributed by atoms with van der Waals surface area (Å²) < 4.78 is 5.13. The van der Waals surface area contributed by atoms with Crippen LogP contribution in [-0.2, 0) is 4.74 Å². The zero-order valence-electron chi connectivity index (χ0n) is 7.96. The minimum Gasteiger partial charge on any atom is -0.396 e. The first-order valence-electron chi connectivity index (χ1n) is 4.96. The zero-order chi connectivity index (χ0) is 8.81. The van der Waals surface area contributed by atoms with Crippen molar-refractivity contribution >= 4 is 0 Å². The standard InChI is InChI=1S/C10H20O2/c1-12-8-10-4-2-9(3-5-10)6-7-11/h9-11H,2-8H2,1H3. The van der Waals surface area contributed by atoms with Gasteiger partial charge in [-0.25, -0.2) is 0 Å². The lowest BCUT2D eigenvalue weighted by Gasteiger charge is -2.27. The molecule has 0 radical (unpaired) electrons. The first-order valence-corrected chi connectivity index (χ1v) is 4.96. The van der Waals surface area contributed by atoms with Crippen LogP contribution in [0, 0.1) is 11.8 Å². The van der Waals surface area contributed by atoms with Gasteiger partial charge in [0.15, 0.2) is 0 Å². The molecular formula is C10H20O2. The third-order valence-electron chi connectivity index (χ3n) is 2.91. The van der Waals surface area contributed by atoms with E-state index in [1.54, 1.807) is 7.11 Å². The second kappa shape index (κ2) is 5.55. The highest BCUT2D eigenvalue weighted by atomic mass is 16.5. The van der Waals surface area contributed by atoms with Gasteiger partial charge in [-0.2, -0.15) is 0 Å². The van der Waals surface area contributed by atoms with E-state index >= 15 is 0 Å². The molecule has 1 rings (SSSR count). The number of methoxy groups -OCH3 is 1. The fourth-order valence-corrected chi connectivity index (χ4v) is 2.11. The van der Waals surface area contributed by atoms with E-state index in [9.17, 15) is 0 Å². The average Bonchev–Trinajstić information content (AvgIpc) is 2.09. The Balaban J connectivity index is 2.11. The lowest BCUT2D eigenvalue weighted by Crippen LogP contribution is -2.18. The summed E-state index contributed by atoms with van der Waals surface area (Å²) in [6.07, 6.45) is 6.15. The number of aliphatic hydroxyl groups excluding tert-OH is 1. The predicted octanol–water partition coefficient (Wildman–Crippen LogP) is 1.82. The molecule has 1 fully saturated rings. The fourth-order valence-electron chi connectivity index (χ4n) is 2.11. The van der Waals surface area contributed by atoms with Crippen LogP contribution in [0.3, 0.4) is 0 Å². The van der Waals surface area contributed by atoms with E-state index < -0.39 is 0 Å². The van der Waals surface area contributed by atoms with E-state index in [4.69, 9.17) is 9.84 Å². The van der Waals surface area contributed by atoms with E-state index in [2.05, 4.69) is 0 Å². The van der Waals surface area contributed by atoms with Crippen LogP contribution in [0.15, 0.2) is 0 Å². The van der Waals surface area contributed by atoms with Gasteiger partial charge in [-0.3, -0.25) is 0 Å². The molecule has 1 aliphatic rings. The number of rotatable bonds is 4. The summed E-state index contributed by atoms with van der Waals surface area (Å²) in [6.45, 7) is 1.28. The summed E-state index contributed by atoms with van der Waals surface area (Å²) in [5, 5.41) is 8.76. The van der Waals surface area contributed by atoms with Gasteiger partial charge in [-0.15, -0.1) is 0 Å². The first-order chi connectivity index (χ1) is 5.86. The van der Waals surface area contributed by atoms with E-state index in [0.29, 0.717) is 6.61 Å². The topological polar surface area (TPSA) is 29.5 Å². The third kappa shape index (κ3) is 3.11. The molecule has 2 nitrogen and oxygen atoms in total. The molecule has 12 heavy (non-hydrogen) atoms. The molecule has 1 aliphatic carbocycles. The molecule has 0 bridgehead atoms. The van der Waals surface area contributed by atoms with Crippen molar-refractivity contribution in [1.29, 1.82) is 0 Å². The summed E-state index contributed by atoms with van der Waals surface area (Å²) in [4.78, 5) is 0. The molecule has 0 amide bonds. The second-order valence-electron chi connectivity index (χ2n) is 3.85. The maximum atomic E-state index is 8.76. The van der Waals surface area contributed by atoms with Crippen LogP contribution in [0.4, 0.5) is 0 Å². The Morgan fingerprint density at radius 1 is 1.17 bits per heavy atom. The summed E-state index contributed by atoms with van der Waals surface area (Å²) in [6, 6.07) is 0. The van der Waals surface area contributed by atoms with Crippen molar-refractivity contribution < 1.29 is 9.84 Å². The van der Waals surface area contributed by atoms with Crippen molar-refractivity contribution in [3.8, 4) is 0 Å². The molecule has 0 aromatic carbocycles. The highest BCUT2D eigenvalue weighted by Crippen LogP contribution is 2.30. The van der Waals surface area contributed by atoms with Crippen LogP contribution in [0.25, 0.3) is 0 Å². The van der Waals surface area contributed by atoms with Crippen molar-refractivity contribution in [3.05, 3.63) is 0 Å². The van der Waals surface area contributed by atoms with Crippen LogP contribution in [0.2, 0.25) is 0 Å². The van der Waals surface area contributed by atoms with Crippen LogP contribution in [-0.4, -0.2) is 25.4 Å². The van der Waals surface area contributed by atoms with Gasteiger partial charge in [-0.1, -0.05) is 12.8 Å². The molecule has 0 heterocycles. The lowest BCUT2D eigenvalue weighted by atomic mass is 9.81. The first kappa shape index (κ1) is 10.0. The summed E-state index contributed by atoms with van der Waals surface area (Å²) in [7, 11) is 1.78. The molecule has 2 heteroatoms. The minimum absolute atomic E-state index is 0.361. The minimum atomic E-state index is 0.361. The van der Waals surface area contributed by atoms with Gasteiger partial charge in [0.25, 0.3) is 0 Å². The maximum Gasteiger partial charge on any atom is 0.0490 e. The summed E-state index contributed by atoms with van der Waals surface area (Å²) in [5.41, 5.74) is 0. The number of aliphatic hydroxyl groups is 1. The highest BCUT2D eigenvalue weighted by molar-refractivity contribution is 4.71. The van der Waals surface area contributed by atoms with Crippen molar-refractivity contribution in [2.24, 2.45) is 11.8 Å². The zero-order valence-corrected chi connectivity index (χ0v) is 7.96. The molecule has 1 saturated carbocycles. The van der Waals surface area contributed by atoms with Gasteiger partial charge in [0.05, 0.1) is 0 Å². The summed E-state index contributed by atoms with van der Waals surface area (Å²) in [5.74, 6) is 1.56. The summed E-state index contributed by atoms with van der Waals surface area (Å²) >= 11 is 0. The van der Waals surface area contributed by atoms with Gasteiger partial charge in [-0.05, 0) is 31.1 Å². The quantitative estimate of drug-likeness (QED) is 0.701. The Bertz CT molecular complexity index is 92.4. The molecule has 0 aliphatic heterocycles. The van der Waals surface area contributed by atoms with E-state index in [0.717, 1.165) is 24.9 Å². The maximum absolute atomic E-state index is 8.76. The van der Waals surface area contributed by atoms with Crippen molar-refractivity contribution in [2.45, 2.75) is 32.1 Å². The highest BCUT2D eigenvalue weighted by Gasteiger charge is 2.20. The van der Waals surface area contributed by atoms with Crippen LogP contribution in [0.1, 0.15) is 32.1 Å². The Hall–Kier alpha value is -0.0800. The van der Waals surface area contributed by atoms with Gasteiger partial charge >= 0.3 is 0 Å². The Morgan fingerprint density at radius 2 is 1.75 bits per heavy atom. The Morgan fingerprint density at radius 3 is 2.25 bits per heavy atom. The van der Waals surface area contributed by atoms with Gasteiger partial charge < -0.3 is 9.84 Å². The lowest BCUT2D eigenvalue weighted by molar-refractivity contribution is 0.113. The molecule has 0 aromatic heterocycles. The SMILES string of the molecule is COCC1CCC(CCO)CC1. The second-order valence-corrected chi connectivity index (χ2v) is 3.85. The molecule has 0 spiro atoms. The van der Waals surface area contributed by atoms with Crippen molar-refractivity contribution in [2.75, 3.05) is 20.3 Å². The Kier molecular flexibility index (Phi) is 4.62. The average molecular weight is 172 g/mol. The molecular weight excluding hydrogens is 152 g/mol. The fraction of sp³-hybridized carbons (Fsp3) is 1.00. The van der Waals surface area contributed by atoms with E-state index in [-0.39, 0.29) is 0 Å². The number of hydrogen-bond acceptors (Lipinski definition) is 2. The van der Waals surface area contributed by atoms with Crippen LogP contribution in [0.5, 0.6) is 0 Å². The predicted molar refractivity (Wildman–Crippen MR) is 49.0 cm³/mol. The van der Waals surface area contributed by atoms with Gasteiger partial charge in [0.2, 0.25) is 0 Å². The van der Waals surface area contributed by atoms with E-state index in [1.807, 2.05) is 0 Å². The van der Waals surface area contributed by atoms with Crippen LogP contribution >= 0.6 is 0 Å². The molecule has 0 atom stereocenters. The Labute approximate surface area is 74.9 Å². The largest absolute Gasteiger partial charge is 0.396 e. The molecule has 0 aromatic rings. The molecule has 0 unspecified atom stereocenters. The monoisotopic (exact) mass is 172 g/mol. The number of ether oxygens (including phenoxy) is 1. The van der Waals surface area contributed by atoms with E-state index in [1.165, 1.54) is 25.7 Å². The van der Waals surface area contributed by atoms with Gasteiger partial charge in [0.1, 0.15) is 0 Å². The molecule has 72 valence electrons. The molecule has 0 saturated heterocycles. The van der Waals surface area contributed by atoms with Gasteiger partial charge in [0, 0.05) is 20.3 Å². The smallest absolute Gasteiger partial charge is 0.0490 e. The van der Waals surface area contributed by atoms with Crippen molar-refractivity contribution in [3.63, 3.8) is 0 Å². The molecule has 1 N–H and O–H groups in total. The normalized spacial score (nSPS) is 30.5. The number of hydrogen-bond donors (Lipinski definition) is 1. The third-order valence-corrected chi connectivity index (χ3v) is 2.91. The van der Waals surface area contributed by atoms with Crippen LogP contribution < -0.4 is 0 Å².